The Bertz CT molecular complexity index is 480. The molecule has 2 rings (SSSR count). The van der Waals surface area contributed by atoms with Crippen LogP contribution in [0.4, 0.5) is 0 Å². The fourth-order valence-electron chi connectivity index (χ4n) is 2.13. The van der Waals surface area contributed by atoms with E-state index >= 15 is 0 Å². The summed E-state index contributed by atoms with van der Waals surface area (Å²) in [5.41, 5.74) is 7.49. The fraction of sp³-hybridized carbons (Fsp3) is 0.429. The molecule has 1 saturated carbocycles. The van der Waals surface area contributed by atoms with Gasteiger partial charge in [-0.1, -0.05) is 43.4 Å². The monoisotopic (exact) mass is 262 g/mol. The Labute approximate surface area is 113 Å². The molecular weight excluding hydrogens is 244 g/mol. The molecule has 0 bridgehead atoms. The van der Waals surface area contributed by atoms with Crippen LogP contribution in [0.15, 0.2) is 24.3 Å². The van der Waals surface area contributed by atoms with Gasteiger partial charge in [0.25, 0.3) is 0 Å². The van der Waals surface area contributed by atoms with E-state index in [2.05, 4.69) is 18.3 Å². The van der Waals surface area contributed by atoms with Crippen molar-refractivity contribution in [1.29, 1.82) is 0 Å². The number of amides is 1. The third kappa shape index (κ3) is 2.38. The summed E-state index contributed by atoms with van der Waals surface area (Å²) in [6, 6.07) is 8.13. The van der Waals surface area contributed by atoms with Crippen molar-refractivity contribution < 1.29 is 4.79 Å². The van der Waals surface area contributed by atoms with E-state index in [9.17, 15) is 4.79 Å². The molecule has 4 heteroatoms. The van der Waals surface area contributed by atoms with E-state index in [-0.39, 0.29) is 5.91 Å². The topological polar surface area (TPSA) is 55.1 Å². The number of nitrogens with one attached hydrogen (secondary N) is 1. The van der Waals surface area contributed by atoms with Gasteiger partial charge in [-0.15, -0.1) is 0 Å². The Hall–Kier alpha value is -1.42. The number of carbonyl (C=O) groups excluding carboxylic acids is 1. The number of aryl methyl sites for hydroxylation is 1. The summed E-state index contributed by atoms with van der Waals surface area (Å²) in [5.74, 6) is -0.0269. The highest BCUT2D eigenvalue weighted by Gasteiger charge is 2.52. The van der Waals surface area contributed by atoms with Gasteiger partial charge < -0.3 is 11.1 Å². The summed E-state index contributed by atoms with van der Waals surface area (Å²) in [5, 5.41) is 2.95. The number of rotatable bonds is 5. The van der Waals surface area contributed by atoms with E-state index in [4.69, 9.17) is 18.0 Å². The second-order valence-corrected chi connectivity index (χ2v) is 5.19. The van der Waals surface area contributed by atoms with Crippen molar-refractivity contribution >= 4 is 23.1 Å². The second kappa shape index (κ2) is 5.06. The zero-order valence-corrected chi connectivity index (χ0v) is 11.3. The van der Waals surface area contributed by atoms with Crippen molar-refractivity contribution in [3.05, 3.63) is 35.4 Å². The lowest BCUT2D eigenvalue weighted by Crippen LogP contribution is -2.39. The molecule has 1 amide bonds. The Morgan fingerprint density at radius 3 is 2.50 bits per heavy atom. The van der Waals surface area contributed by atoms with Gasteiger partial charge in [-0.25, -0.2) is 0 Å². The first-order valence-corrected chi connectivity index (χ1v) is 6.66. The van der Waals surface area contributed by atoms with Crippen molar-refractivity contribution in [2.75, 3.05) is 0 Å². The molecule has 18 heavy (non-hydrogen) atoms. The molecule has 0 aliphatic heterocycles. The molecule has 0 atom stereocenters. The first-order chi connectivity index (χ1) is 8.60. The van der Waals surface area contributed by atoms with Crippen LogP contribution in [0.2, 0.25) is 0 Å². The van der Waals surface area contributed by atoms with Crippen LogP contribution < -0.4 is 11.1 Å². The van der Waals surface area contributed by atoms with Gasteiger partial charge in [0.1, 0.15) is 0 Å². The third-order valence-electron chi connectivity index (χ3n) is 3.59. The molecule has 1 aromatic carbocycles. The fourth-order valence-corrected chi connectivity index (χ4v) is 2.43. The molecule has 1 aliphatic rings. The van der Waals surface area contributed by atoms with Crippen LogP contribution in [0.3, 0.4) is 0 Å². The van der Waals surface area contributed by atoms with Crippen LogP contribution in [0.5, 0.6) is 0 Å². The van der Waals surface area contributed by atoms with Crippen molar-refractivity contribution in [3.8, 4) is 0 Å². The average Bonchev–Trinajstić information content (AvgIpc) is 3.17. The molecule has 1 fully saturated rings. The molecule has 0 spiro atoms. The number of nitrogens with two attached hydrogens (primary N) is 1. The minimum atomic E-state index is -0.559. The van der Waals surface area contributed by atoms with E-state index in [1.165, 1.54) is 5.56 Å². The SMILES string of the molecule is CCc1ccccc1CNC(=O)C1(C(N)=S)CC1. The normalized spacial score (nSPS) is 16.1. The van der Waals surface area contributed by atoms with Gasteiger partial charge in [-0.05, 0) is 30.4 Å². The maximum atomic E-state index is 12.1. The van der Waals surface area contributed by atoms with Gasteiger partial charge in [0.15, 0.2) is 0 Å². The van der Waals surface area contributed by atoms with Crippen LogP contribution >= 0.6 is 12.2 Å². The van der Waals surface area contributed by atoms with Gasteiger partial charge in [0.05, 0.1) is 10.4 Å². The molecule has 0 unspecified atom stereocenters. The number of benzene rings is 1. The maximum absolute atomic E-state index is 12.1. The molecule has 3 N–H and O–H groups in total. The Balaban J connectivity index is 2.00. The molecule has 0 radical (unpaired) electrons. The van der Waals surface area contributed by atoms with Gasteiger partial charge in [0, 0.05) is 6.54 Å². The smallest absolute Gasteiger partial charge is 0.233 e. The van der Waals surface area contributed by atoms with Crippen LogP contribution in [0, 0.1) is 5.41 Å². The standard InChI is InChI=1S/C14H18N2OS/c1-2-10-5-3-4-6-11(10)9-16-13(17)14(7-8-14)12(15)18/h3-6H,2,7-9H2,1H3,(H2,15,18)(H,16,17). The number of carbonyl (C=O) groups is 1. The molecule has 0 saturated heterocycles. The lowest BCUT2D eigenvalue weighted by atomic mass is 10.0. The average molecular weight is 262 g/mol. The Morgan fingerprint density at radius 1 is 1.39 bits per heavy atom. The summed E-state index contributed by atoms with van der Waals surface area (Å²) >= 11 is 4.97. The summed E-state index contributed by atoms with van der Waals surface area (Å²) in [6.45, 7) is 2.66. The zero-order valence-electron chi connectivity index (χ0n) is 10.5. The van der Waals surface area contributed by atoms with E-state index in [0.29, 0.717) is 11.5 Å². The Morgan fingerprint density at radius 2 is 2.00 bits per heavy atom. The maximum Gasteiger partial charge on any atom is 0.233 e. The van der Waals surface area contributed by atoms with Gasteiger partial charge in [-0.2, -0.15) is 0 Å². The summed E-state index contributed by atoms with van der Waals surface area (Å²) < 4.78 is 0. The number of hydrogen-bond donors (Lipinski definition) is 2. The lowest BCUT2D eigenvalue weighted by molar-refractivity contribution is -0.124. The quantitative estimate of drug-likeness (QED) is 0.797. The summed E-state index contributed by atoms with van der Waals surface area (Å²) in [6.07, 6.45) is 2.53. The predicted molar refractivity (Wildman–Crippen MR) is 76.1 cm³/mol. The minimum Gasteiger partial charge on any atom is -0.392 e. The molecule has 3 nitrogen and oxygen atoms in total. The highest BCUT2D eigenvalue weighted by atomic mass is 32.1. The third-order valence-corrected chi connectivity index (χ3v) is 3.99. The molecule has 0 aromatic heterocycles. The predicted octanol–water partition coefficient (Wildman–Crippen LogP) is 1.93. The molecule has 0 heterocycles. The number of hydrogen-bond acceptors (Lipinski definition) is 2. The highest BCUT2D eigenvalue weighted by Crippen LogP contribution is 2.46. The van der Waals surface area contributed by atoms with Crippen molar-refractivity contribution in [3.63, 3.8) is 0 Å². The van der Waals surface area contributed by atoms with Crippen molar-refractivity contribution in [2.24, 2.45) is 11.1 Å². The van der Waals surface area contributed by atoms with Crippen LogP contribution in [0.1, 0.15) is 30.9 Å². The molecule has 96 valence electrons. The van der Waals surface area contributed by atoms with E-state index < -0.39 is 5.41 Å². The van der Waals surface area contributed by atoms with E-state index in [0.717, 1.165) is 24.8 Å². The first-order valence-electron chi connectivity index (χ1n) is 6.25. The van der Waals surface area contributed by atoms with Gasteiger partial charge >= 0.3 is 0 Å². The first kappa shape index (κ1) is 13.0. The number of thiocarbonyl (C=S) groups is 1. The van der Waals surface area contributed by atoms with Crippen LogP contribution in [-0.2, 0) is 17.8 Å². The van der Waals surface area contributed by atoms with Gasteiger partial charge in [0.2, 0.25) is 5.91 Å². The second-order valence-electron chi connectivity index (χ2n) is 4.75. The highest BCUT2D eigenvalue weighted by molar-refractivity contribution is 7.80. The van der Waals surface area contributed by atoms with Crippen LogP contribution in [0.25, 0.3) is 0 Å². The Kier molecular flexibility index (Phi) is 3.66. The van der Waals surface area contributed by atoms with Gasteiger partial charge in [-0.3, -0.25) is 4.79 Å². The van der Waals surface area contributed by atoms with E-state index in [1.54, 1.807) is 0 Å². The minimum absolute atomic E-state index is 0.0269. The molecule has 1 aromatic rings. The van der Waals surface area contributed by atoms with E-state index in [1.807, 2.05) is 18.2 Å². The molecular formula is C14H18N2OS. The summed E-state index contributed by atoms with van der Waals surface area (Å²) in [7, 11) is 0. The zero-order chi connectivity index (χ0) is 13.2. The van der Waals surface area contributed by atoms with Crippen molar-refractivity contribution in [2.45, 2.75) is 32.7 Å². The molecule has 1 aliphatic carbocycles. The van der Waals surface area contributed by atoms with Crippen molar-refractivity contribution in [1.82, 2.24) is 5.32 Å². The largest absolute Gasteiger partial charge is 0.392 e. The van der Waals surface area contributed by atoms with Crippen LogP contribution in [-0.4, -0.2) is 10.9 Å². The summed E-state index contributed by atoms with van der Waals surface area (Å²) in [4.78, 5) is 12.4. The lowest BCUT2D eigenvalue weighted by Gasteiger charge is -2.14.